The van der Waals surface area contributed by atoms with Crippen molar-refractivity contribution in [2.75, 3.05) is 0 Å². The van der Waals surface area contributed by atoms with Gasteiger partial charge in [0.05, 0.1) is 0 Å². The summed E-state index contributed by atoms with van der Waals surface area (Å²) in [5.41, 5.74) is 1.11. The molecule has 0 rings (SSSR count). The molecule has 0 N–H and O–H groups in total. The fraction of sp³-hybridized carbons (Fsp3) is 0.500. The van der Waals surface area contributed by atoms with E-state index < -0.39 is 0 Å². The highest BCUT2D eigenvalue weighted by atomic mass is 16.1. The van der Waals surface area contributed by atoms with E-state index in [1.54, 1.807) is 0 Å². The number of hydrogen-bond acceptors (Lipinski definition) is 1. The Balaban J connectivity index is 3.77. The molecular formula is C10H16O. The van der Waals surface area contributed by atoms with E-state index in [1.807, 2.05) is 19.1 Å². The van der Waals surface area contributed by atoms with E-state index in [0.717, 1.165) is 24.7 Å². The van der Waals surface area contributed by atoms with Crippen molar-refractivity contribution in [2.45, 2.75) is 33.1 Å². The fourth-order valence-electron chi connectivity index (χ4n) is 0.780. The van der Waals surface area contributed by atoms with E-state index in [0.29, 0.717) is 6.42 Å². The molecule has 0 bridgehead atoms. The van der Waals surface area contributed by atoms with Crippen molar-refractivity contribution in [1.29, 1.82) is 0 Å². The SMILES string of the molecule is C/C=C(/C=C\CCC)CC=O. The van der Waals surface area contributed by atoms with E-state index in [1.165, 1.54) is 0 Å². The van der Waals surface area contributed by atoms with E-state index >= 15 is 0 Å². The maximum atomic E-state index is 10.1. The summed E-state index contributed by atoms with van der Waals surface area (Å²) >= 11 is 0. The number of carbonyl (C=O) groups excluding carboxylic acids is 1. The second kappa shape index (κ2) is 7.26. The van der Waals surface area contributed by atoms with Crippen LogP contribution in [0.3, 0.4) is 0 Å². The van der Waals surface area contributed by atoms with Gasteiger partial charge in [0.25, 0.3) is 0 Å². The minimum absolute atomic E-state index is 0.538. The third-order valence-electron chi connectivity index (χ3n) is 1.48. The molecule has 1 heteroatoms. The summed E-state index contributed by atoms with van der Waals surface area (Å²) in [6, 6.07) is 0. The molecule has 0 aliphatic heterocycles. The first-order valence-electron chi connectivity index (χ1n) is 4.10. The van der Waals surface area contributed by atoms with Crippen LogP contribution >= 0.6 is 0 Å². The fourth-order valence-corrected chi connectivity index (χ4v) is 0.780. The molecule has 0 unspecified atom stereocenters. The van der Waals surface area contributed by atoms with Gasteiger partial charge in [-0.1, -0.05) is 31.6 Å². The van der Waals surface area contributed by atoms with Gasteiger partial charge in [0.1, 0.15) is 6.29 Å². The molecule has 62 valence electrons. The summed E-state index contributed by atoms with van der Waals surface area (Å²) in [6.45, 7) is 4.09. The molecule has 0 amide bonds. The van der Waals surface area contributed by atoms with Crippen LogP contribution in [0.4, 0.5) is 0 Å². The monoisotopic (exact) mass is 152 g/mol. The van der Waals surface area contributed by atoms with Crippen LogP contribution in [-0.4, -0.2) is 6.29 Å². The third kappa shape index (κ3) is 5.59. The third-order valence-corrected chi connectivity index (χ3v) is 1.48. The first kappa shape index (κ1) is 10.2. The van der Waals surface area contributed by atoms with Crippen molar-refractivity contribution < 1.29 is 4.79 Å². The number of aldehydes is 1. The first-order chi connectivity index (χ1) is 5.35. The van der Waals surface area contributed by atoms with Crippen LogP contribution in [0.2, 0.25) is 0 Å². The Morgan fingerprint density at radius 1 is 1.45 bits per heavy atom. The molecule has 1 nitrogen and oxygen atoms in total. The van der Waals surface area contributed by atoms with Gasteiger partial charge in [-0.15, -0.1) is 0 Å². The van der Waals surface area contributed by atoms with Gasteiger partial charge in [0.2, 0.25) is 0 Å². The molecular weight excluding hydrogens is 136 g/mol. The molecule has 11 heavy (non-hydrogen) atoms. The van der Waals surface area contributed by atoms with Gasteiger partial charge in [-0.05, 0) is 18.9 Å². The molecule has 0 aliphatic carbocycles. The van der Waals surface area contributed by atoms with Crippen LogP contribution in [-0.2, 0) is 4.79 Å². The summed E-state index contributed by atoms with van der Waals surface area (Å²) in [7, 11) is 0. The van der Waals surface area contributed by atoms with Crippen LogP contribution < -0.4 is 0 Å². The summed E-state index contributed by atoms with van der Waals surface area (Å²) in [5, 5.41) is 0. The normalized spacial score (nSPS) is 12.4. The van der Waals surface area contributed by atoms with Gasteiger partial charge in [-0.25, -0.2) is 0 Å². The molecule has 0 aromatic heterocycles. The molecule has 0 saturated heterocycles. The van der Waals surface area contributed by atoms with Crippen molar-refractivity contribution in [2.24, 2.45) is 0 Å². The number of unbranched alkanes of at least 4 members (excludes halogenated alkanes) is 1. The lowest BCUT2D eigenvalue weighted by Gasteiger charge is -1.92. The molecule has 0 atom stereocenters. The number of hydrogen-bond donors (Lipinski definition) is 0. The zero-order valence-corrected chi connectivity index (χ0v) is 7.34. The molecule has 0 radical (unpaired) electrons. The quantitative estimate of drug-likeness (QED) is 0.437. The van der Waals surface area contributed by atoms with Crippen molar-refractivity contribution in [3.8, 4) is 0 Å². The van der Waals surface area contributed by atoms with Gasteiger partial charge >= 0.3 is 0 Å². The van der Waals surface area contributed by atoms with Crippen LogP contribution in [0.1, 0.15) is 33.1 Å². The molecule has 0 aromatic carbocycles. The Bertz CT molecular complexity index is 154. The van der Waals surface area contributed by atoms with Crippen LogP contribution in [0, 0.1) is 0 Å². The van der Waals surface area contributed by atoms with E-state index in [9.17, 15) is 4.79 Å². The van der Waals surface area contributed by atoms with Crippen LogP contribution in [0.5, 0.6) is 0 Å². The maximum Gasteiger partial charge on any atom is 0.124 e. The smallest absolute Gasteiger partial charge is 0.124 e. The van der Waals surface area contributed by atoms with Crippen molar-refractivity contribution in [3.63, 3.8) is 0 Å². The number of allylic oxidation sites excluding steroid dienone is 4. The van der Waals surface area contributed by atoms with Gasteiger partial charge in [0, 0.05) is 6.42 Å². The summed E-state index contributed by atoms with van der Waals surface area (Å²) in [6.07, 6.45) is 9.84. The zero-order chi connectivity index (χ0) is 8.53. The highest BCUT2D eigenvalue weighted by molar-refractivity contribution is 5.55. The minimum atomic E-state index is 0.538. The van der Waals surface area contributed by atoms with Gasteiger partial charge in [-0.2, -0.15) is 0 Å². The van der Waals surface area contributed by atoms with E-state index in [4.69, 9.17) is 0 Å². The van der Waals surface area contributed by atoms with E-state index in [2.05, 4.69) is 13.0 Å². The van der Waals surface area contributed by atoms with Crippen molar-refractivity contribution in [1.82, 2.24) is 0 Å². The highest BCUT2D eigenvalue weighted by Gasteiger charge is 1.86. The Hall–Kier alpha value is -0.850. The lowest BCUT2D eigenvalue weighted by atomic mass is 10.1. The predicted molar refractivity (Wildman–Crippen MR) is 48.5 cm³/mol. The number of carbonyl (C=O) groups is 1. The maximum absolute atomic E-state index is 10.1. The summed E-state index contributed by atoms with van der Waals surface area (Å²) in [4.78, 5) is 10.1. The average molecular weight is 152 g/mol. The van der Waals surface area contributed by atoms with Crippen LogP contribution in [0.25, 0.3) is 0 Å². The van der Waals surface area contributed by atoms with Crippen molar-refractivity contribution in [3.05, 3.63) is 23.8 Å². The summed E-state index contributed by atoms with van der Waals surface area (Å²) < 4.78 is 0. The van der Waals surface area contributed by atoms with Gasteiger partial charge in [0.15, 0.2) is 0 Å². The van der Waals surface area contributed by atoms with Crippen molar-refractivity contribution >= 4 is 6.29 Å². The summed E-state index contributed by atoms with van der Waals surface area (Å²) in [5.74, 6) is 0. The molecule has 0 fully saturated rings. The Kier molecular flexibility index (Phi) is 6.70. The zero-order valence-electron chi connectivity index (χ0n) is 7.34. The van der Waals surface area contributed by atoms with E-state index in [-0.39, 0.29) is 0 Å². The van der Waals surface area contributed by atoms with Crippen LogP contribution in [0.15, 0.2) is 23.8 Å². The van der Waals surface area contributed by atoms with Gasteiger partial charge in [-0.3, -0.25) is 0 Å². The molecule has 0 aromatic rings. The predicted octanol–water partition coefficient (Wildman–Crippen LogP) is 2.88. The lowest BCUT2D eigenvalue weighted by molar-refractivity contribution is -0.107. The average Bonchev–Trinajstić information content (AvgIpc) is 2.03. The second-order valence-corrected chi connectivity index (χ2v) is 2.43. The first-order valence-corrected chi connectivity index (χ1v) is 4.10. The molecule has 0 saturated carbocycles. The molecule has 0 heterocycles. The topological polar surface area (TPSA) is 17.1 Å². The molecule has 0 spiro atoms. The Morgan fingerprint density at radius 2 is 2.18 bits per heavy atom. The lowest BCUT2D eigenvalue weighted by Crippen LogP contribution is -1.78. The standard InChI is InChI=1S/C10H16O/c1-3-5-6-7-10(4-2)8-9-11/h4,6-7,9H,3,5,8H2,1-2H3/b7-6-,10-4-. The minimum Gasteiger partial charge on any atom is -0.303 e. The molecule has 0 aliphatic rings. The second-order valence-electron chi connectivity index (χ2n) is 2.43. The highest BCUT2D eigenvalue weighted by Crippen LogP contribution is 2.02. The largest absolute Gasteiger partial charge is 0.303 e. The Labute approximate surface area is 68.8 Å². The Morgan fingerprint density at radius 3 is 2.64 bits per heavy atom. The van der Waals surface area contributed by atoms with Gasteiger partial charge < -0.3 is 4.79 Å². The number of rotatable bonds is 5.